The molecule has 5 heteroatoms. The lowest BCUT2D eigenvalue weighted by Gasteiger charge is -2.55. The molecule has 19 heavy (non-hydrogen) atoms. The highest BCUT2D eigenvalue weighted by atomic mass is 127. The maximum Gasteiger partial charge on any atom is 0.191 e. The lowest BCUT2D eigenvalue weighted by molar-refractivity contribution is -0.133. The number of hydrogen-bond acceptors (Lipinski definition) is 2. The Labute approximate surface area is 135 Å². The molecule has 1 saturated carbocycles. The fraction of sp³-hybridized carbons (Fsp3) is 0.929. The third-order valence-corrected chi connectivity index (χ3v) is 4.35. The molecule has 2 N–H and O–H groups in total. The molecular formula is C14H30IN3O. The van der Waals surface area contributed by atoms with E-state index in [4.69, 9.17) is 4.74 Å². The molecule has 0 aromatic rings. The molecule has 0 amide bonds. The lowest BCUT2D eigenvalue weighted by atomic mass is 9.58. The van der Waals surface area contributed by atoms with Gasteiger partial charge in [-0.15, -0.1) is 24.0 Å². The fourth-order valence-electron chi connectivity index (χ4n) is 3.11. The molecule has 1 rings (SSSR count). The first-order valence-electron chi connectivity index (χ1n) is 7.27. The maximum atomic E-state index is 5.88. The summed E-state index contributed by atoms with van der Waals surface area (Å²) in [5.74, 6) is 0.906. The zero-order valence-electron chi connectivity index (χ0n) is 13.0. The summed E-state index contributed by atoms with van der Waals surface area (Å²) < 4.78 is 5.88. The summed E-state index contributed by atoms with van der Waals surface area (Å²) in [6, 6.07) is 0.474. The van der Waals surface area contributed by atoms with Gasteiger partial charge in [-0.2, -0.15) is 0 Å². The van der Waals surface area contributed by atoms with Gasteiger partial charge in [-0.3, -0.25) is 4.99 Å². The predicted octanol–water partition coefficient (Wildman–Crippen LogP) is 2.77. The van der Waals surface area contributed by atoms with Crippen LogP contribution in [0.5, 0.6) is 0 Å². The van der Waals surface area contributed by atoms with Crippen LogP contribution in [0, 0.1) is 5.41 Å². The van der Waals surface area contributed by atoms with E-state index in [9.17, 15) is 0 Å². The van der Waals surface area contributed by atoms with Crippen molar-refractivity contribution in [1.29, 1.82) is 0 Å². The van der Waals surface area contributed by atoms with Crippen LogP contribution in [0.1, 0.15) is 47.0 Å². The number of rotatable bonds is 6. The number of hydrogen-bond donors (Lipinski definition) is 2. The zero-order valence-corrected chi connectivity index (χ0v) is 15.3. The van der Waals surface area contributed by atoms with Crippen LogP contribution < -0.4 is 10.6 Å². The fourth-order valence-corrected chi connectivity index (χ4v) is 3.11. The highest BCUT2D eigenvalue weighted by Gasteiger charge is 2.53. The van der Waals surface area contributed by atoms with Crippen LogP contribution in [0.3, 0.4) is 0 Å². The normalized spacial score (nSPS) is 25.2. The smallest absolute Gasteiger partial charge is 0.191 e. The van der Waals surface area contributed by atoms with Crippen molar-refractivity contribution < 1.29 is 4.74 Å². The minimum absolute atomic E-state index is 0. The first-order chi connectivity index (χ1) is 8.68. The third kappa shape index (κ3) is 3.97. The Morgan fingerprint density at radius 1 is 1.26 bits per heavy atom. The Bertz CT molecular complexity index is 280. The molecule has 0 aromatic heterocycles. The van der Waals surface area contributed by atoms with Gasteiger partial charge in [0.05, 0.1) is 6.10 Å². The largest absolute Gasteiger partial charge is 0.378 e. The van der Waals surface area contributed by atoms with Crippen molar-refractivity contribution in [2.24, 2.45) is 10.4 Å². The van der Waals surface area contributed by atoms with Crippen LogP contribution >= 0.6 is 24.0 Å². The van der Waals surface area contributed by atoms with E-state index in [2.05, 4.69) is 43.3 Å². The average Bonchev–Trinajstić information content (AvgIpc) is 2.38. The van der Waals surface area contributed by atoms with Gasteiger partial charge in [-0.1, -0.05) is 13.8 Å². The zero-order chi connectivity index (χ0) is 13.6. The van der Waals surface area contributed by atoms with Crippen molar-refractivity contribution >= 4 is 29.9 Å². The molecule has 0 heterocycles. The monoisotopic (exact) mass is 383 g/mol. The van der Waals surface area contributed by atoms with Crippen molar-refractivity contribution in [3.8, 4) is 0 Å². The van der Waals surface area contributed by atoms with Crippen molar-refractivity contribution in [3.05, 3.63) is 0 Å². The van der Waals surface area contributed by atoms with Crippen molar-refractivity contribution in [1.82, 2.24) is 10.6 Å². The summed E-state index contributed by atoms with van der Waals surface area (Å²) in [5, 5.41) is 6.81. The van der Waals surface area contributed by atoms with Gasteiger partial charge in [0, 0.05) is 31.7 Å². The van der Waals surface area contributed by atoms with Crippen LogP contribution in [0.4, 0.5) is 0 Å². The molecule has 0 radical (unpaired) electrons. The molecule has 0 aliphatic heterocycles. The van der Waals surface area contributed by atoms with Crippen LogP contribution in [0.25, 0.3) is 0 Å². The molecule has 1 fully saturated rings. The Morgan fingerprint density at radius 3 is 2.32 bits per heavy atom. The summed E-state index contributed by atoms with van der Waals surface area (Å²) in [6.07, 6.45) is 3.78. The minimum atomic E-state index is 0. The quantitative estimate of drug-likeness (QED) is 0.421. The summed E-state index contributed by atoms with van der Waals surface area (Å²) in [6.45, 7) is 10.4. The highest BCUT2D eigenvalue weighted by molar-refractivity contribution is 14.0. The summed E-state index contributed by atoms with van der Waals surface area (Å²) in [7, 11) is 1.82. The number of guanidine groups is 1. The minimum Gasteiger partial charge on any atom is -0.378 e. The van der Waals surface area contributed by atoms with Gasteiger partial charge in [-0.05, 0) is 33.1 Å². The van der Waals surface area contributed by atoms with Crippen molar-refractivity contribution in [2.45, 2.75) is 59.1 Å². The van der Waals surface area contributed by atoms with Crippen LogP contribution in [0.2, 0.25) is 0 Å². The van der Waals surface area contributed by atoms with Gasteiger partial charge >= 0.3 is 0 Å². The molecule has 0 bridgehead atoms. The molecule has 0 saturated heterocycles. The summed E-state index contributed by atoms with van der Waals surface area (Å²) >= 11 is 0. The molecule has 114 valence electrons. The first kappa shape index (κ1) is 19.0. The molecule has 1 aliphatic carbocycles. The van der Waals surface area contributed by atoms with E-state index < -0.39 is 0 Å². The van der Waals surface area contributed by atoms with Gasteiger partial charge in [0.2, 0.25) is 0 Å². The Balaban J connectivity index is 0.00000324. The van der Waals surface area contributed by atoms with E-state index in [-0.39, 0.29) is 29.4 Å². The van der Waals surface area contributed by atoms with Gasteiger partial charge in [-0.25, -0.2) is 0 Å². The second-order valence-electron chi connectivity index (χ2n) is 4.92. The summed E-state index contributed by atoms with van der Waals surface area (Å²) in [5.41, 5.74) is 0.265. The predicted molar refractivity (Wildman–Crippen MR) is 92.4 cm³/mol. The summed E-state index contributed by atoms with van der Waals surface area (Å²) in [4.78, 5) is 4.26. The number of nitrogens with zero attached hydrogens (tertiary/aromatic N) is 1. The van der Waals surface area contributed by atoms with Gasteiger partial charge in [0.15, 0.2) is 5.96 Å². The average molecular weight is 383 g/mol. The Kier molecular flexibility index (Phi) is 8.98. The first-order valence-corrected chi connectivity index (χ1v) is 7.27. The topological polar surface area (TPSA) is 45.7 Å². The van der Waals surface area contributed by atoms with Crippen LogP contribution in [-0.2, 0) is 4.74 Å². The second-order valence-corrected chi connectivity index (χ2v) is 4.92. The van der Waals surface area contributed by atoms with Gasteiger partial charge in [0.25, 0.3) is 0 Å². The van der Waals surface area contributed by atoms with Gasteiger partial charge < -0.3 is 15.4 Å². The molecule has 0 spiro atoms. The van der Waals surface area contributed by atoms with Crippen LogP contribution in [-0.4, -0.2) is 38.3 Å². The van der Waals surface area contributed by atoms with Crippen molar-refractivity contribution in [3.63, 3.8) is 0 Å². The second kappa shape index (κ2) is 9.00. The third-order valence-electron chi connectivity index (χ3n) is 4.35. The highest BCUT2D eigenvalue weighted by Crippen LogP contribution is 2.48. The Hall–Kier alpha value is -0.0400. The molecular weight excluding hydrogens is 353 g/mol. The van der Waals surface area contributed by atoms with Crippen molar-refractivity contribution in [2.75, 3.05) is 20.2 Å². The number of ether oxygens (including phenoxy) is 1. The van der Waals surface area contributed by atoms with E-state index in [0.717, 1.165) is 38.4 Å². The molecule has 2 atom stereocenters. The SMILES string of the molecule is CCNC(=NC)NC1CC(OCC)C1(CC)CC.I. The van der Waals surface area contributed by atoms with E-state index >= 15 is 0 Å². The number of nitrogens with one attached hydrogen (secondary N) is 2. The standard InChI is InChI=1S/C14H29N3O.HI/c1-6-14(7-2)11(10-12(14)18-9-4)17-13(15-5)16-8-3;/h11-12H,6-10H2,1-5H3,(H2,15,16,17);1H. The van der Waals surface area contributed by atoms with Crippen LogP contribution in [0.15, 0.2) is 4.99 Å². The van der Waals surface area contributed by atoms with E-state index in [0.29, 0.717) is 12.1 Å². The maximum absolute atomic E-state index is 5.88. The Morgan fingerprint density at radius 2 is 1.89 bits per heavy atom. The molecule has 4 nitrogen and oxygen atoms in total. The molecule has 2 unspecified atom stereocenters. The van der Waals surface area contributed by atoms with Gasteiger partial charge in [0.1, 0.15) is 0 Å². The van der Waals surface area contributed by atoms with E-state index in [1.54, 1.807) is 0 Å². The van der Waals surface area contributed by atoms with E-state index in [1.807, 2.05) is 7.05 Å². The molecule has 1 aliphatic rings. The molecule has 0 aromatic carbocycles. The number of aliphatic imine (C=N–C) groups is 1. The number of halogens is 1. The van der Waals surface area contributed by atoms with E-state index in [1.165, 1.54) is 0 Å². The lowest BCUT2D eigenvalue weighted by Crippen LogP contribution is -2.65.